The molecule has 0 saturated carbocycles. The number of anilines is 1. The maximum Gasteiger partial charge on any atom is 0.270 e. The van der Waals surface area contributed by atoms with Gasteiger partial charge in [0.05, 0.1) is 5.69 Å². The molecule has 6 heteroatoms. The van der Waals surface area contributed by atoms with Gasteiger partial charge >= 0.3 is 0 Å². The SMILES string of the molecule is CC1CCN(C(=O)c2cnc3ccccn3c2=O)c2ccccc2S1. The quantitative estimate of drug-likeness (QED) is 0.675. The second kappa shape index (κ2) is 6.37. The first-order valence-electron chi connectivity index (χ1n) is 8.19. The predicted octanol–water partition coefficient (Wildman–Crippen LogP) is 3.23. The molecule has 5 nitrogen and oxygen atoms in total. The van der Waals surface area contributed by atoms with Gasteiger partial charge in [-0.2, -0.15) is 0 Å². The summed E-state index contributed by atoms with van der Waals surface area (Å²) in [5.74, 6) is -0.294. The minimum atomic E-state index is -0.335. The summed E-state index contributed by atoms with van der Waals surface area (Å²) in [7, 11) is 0. The summed E-state index contributed by atoms with van der Waals surface area (Å²) in [4.78, 5) is 32.9. The van der Waals surface area contributed by atoms with Crippen molar-refractivity contribution in [2.24, 2.45) is 0 Å². The number of fused-ring (bicyclic) bond motifs is 2. The van der Waals surface area contributed by atoms with Crippen molar-refractivity contribution in [1.29, 1.82) is 0 Å². The first kappa shape index (κ1) is 15.9. The molecule has 0 bridgehead atoms. The van der Waals surface area contributed by atoms with Crippen molar-refractivity contribution in [3.05, 3.63) is 70.8 Å². The average molecular weight is 351 g/mol. The number of hydrogen-bond acceptors (Lipinski definition) is 4. The highest BCUT2D eigenvalue weighted by Crippen LogP contribution is 2.37. The molecule has 4 rings (SSSR count). The standard InChI is InChI=1S/C19H17N3O2S/c1-13-9-11-21(15-6-2-3-7-16(15)25-13)18(23)14-12-20-17-8-4-5-10-22(17)19(14)24/h2-8,10,12-13H,9,11H2,1H3. The van der Waals surface area contributed by atoms with Crippen LogP contribution in [0.1, 0.15) is 23.7 Å². The summed E-state index contributed by atoms with van der Waals surface area (Å²) < 4.78 is 1.41. The number of hydrogen-bond donors (Lipinski definition) is 0. The number of aromatic nitrogens is 2. The lowest BCUT2D eigenvalue weighted by Crippen LogP contribution is -2.37. The normalized spacial score (nSPS) is 17.2. The van der Waals surface area contributed by atoms with Crippen LogP contribution in [0.25, 0.3) is 5.65 Å². The molecule has 0 aliphatic carbocycles. The van der Waals surface area contributed by atoms with E-state index in [4.69, 9.17) is 0 Å². The number of rotatable bonds is 1. The van der Waals surface area contributed by atoms with Crippen molar-refractivity contribution in [2.45, 2.75) is 23.5 Å². The Kier molecular flexibility index (Phi) is 4.05. The van der Waals surface area contributed by atoms with E-state index in [0.717, 1.165) is 17.0 Å². The Morgan fingerprint density at radius 1 is 1.20 bits per heavy atom. The van der Waals surface area contributed by atoms with Crippen LogP contribution in [-0.2, 0) is 0 Å². The Morgan fingerprint density at radius 2 is 2.00 bits per heavy atom. The molecule has 126 valence electrons. The van der Waals surface area contributed by atoms with Gasteiger partial charge in [0.25, 0.3) is 11.5 Å². The van der Waals surface area contributed by atoms with Crippen LogP contribution in [0.2, 0.25) is 0 Å². The first-order chi connectivity index (χ1) is 12.1. The number of carbonyl (C=O) groups is 1. The lowest BCUT2D eigenvalue weighted by Gasteiger charge is -2.22. The van der Waals surface area contributed by atoms with Crippen molar-refractivity contribution in [3.8, 4) is 0 Å². The highest BCUT2D eigenvalue weighted by atomic mass is 32.2. The zero-order valence-electron chi connectivity index (χ0n) is 13.8. The van der Waals surface area contributed by atoms with Gasteiger partial charge < -0.3 is 4.90 Å². The zero-order valence-corrected chi connectivity index (χ0v) is 14.6. The third-order valence-electron chi connectivity index (χ3n) is 4.33. The molecule has 1 amide bonds. The lowest BCUT2D eigenvalue weighted by atomic mass is 10.2. The van der Waals surface area contributed by atoms with Gasteiger partial charge in [-0.15, -0.1) is 11.8 Å². The Hall–Kier alpha value is -2.60. The zero-order chi connectivity index (χ0) is 17.4. The molecule has 0 N–H and O–H groups in total. The van der Waals surface area contributed by atoms with Crippen LogP contribution in [0.4, 0.5) is 5.69 Å². The highest BCUT2D eigenvalue weighted by Gasteiger charge is 2.27. The second-order valence-corrected chi connectivity index (χ2v) is 7.53. The topological polar surface area (TPSA) is 54.7 Å². The van der Waals surface area contributed by atoms with Gasteiger partial charge in [0.2, 0.25) is 0 Å². The van der Waals surface area contributed by atoms with Crippen molar-refractivity contribution in [3.63, 3.8) is 0 Å². The summed E-state index contributed by atoms with van der Waals surface area (Å²) in [6.45, 7) is 2.74. The van der Waals surface area contributed by atoms with Gasteiger partial charge in [0.15, 0.2) is 0 Å². The Labute approximate surface area is 149 Å². The third kappa shape index (κ3) is 2.82. The maximum atomic E-state index is 13.1. The van der Waals surface area contributed by atoms with E-state index in [1.54, 1.807) is 35.0 Å². The minimum Gasteiger partial charge on any atom is -0.307 e. The molecule has 0 spiro atoms. The van der Waals surface area contributed by atoms with Crippen LogP contribution in [-0.4, -0.2) is 27.1 Å². The lowest BCUT2D eigenvalue weighted by molar-refractivity contribution is 0.0984. The van der Waals surface area contributed by atoms with Crippen LogP contribution in [0.3, 0.4) is 0 Å². The van der Waals surface area contributed by atoms with Crippen molar-refractivity contribution < 1.29 is 4.79 Å². The fourth-order valence-electron chi connectivity index (χ4n) is 3.02. The molecule has 1 atom stereocenters. The number of amides is 1. The Morgan fingerprint density at radius 3 is 2.88 bits per heavy atom. The van der Waals surface area contributed by atoms with Gasteiger partial charge in [0, 0.05) is 29.1 Å². The van der Waals surface area contributed by atoms with Crippen LogP contribution < -0.4 is 10.5 Å². The molecule has 2 aromatic heterocycles. The van der Waals surface area contributed by atoms with E-state index in [1.807, 2.05) is 30.3 Å². The van der Waals surface area contributed by atoms with Gasteiger partial charge in [-0.05, 0) is 30.7 Å². The minimum absolute atomic E-state index is 0.0954. The molecule has 1 unspecified atom stereocenters. The van der Waals surface area contributed by atoms with E-state index >= 15 is 0 Å². The van der Waals surface area contributed by atoms with Gasteiger partial charge in [0.1, 0.15) is 11.2 Å². The smallest absolute Gasteiger partial charge is 0.270 e. The summed E-state index contributed by atoms with van der Waals surface area (Å²) in [6.07, 6.45) is 3.90. The number of pyridine rings is 1. The van der Waals surface area contributed by atoms with Crippen LogP contribution in [0.5, 0.6) is 0 Å². The maximum absolute atomic E-state index is 13.1. The monoisotopic (exact) mass is 351 g/mol. The molecule has 1 aliphatic heterocycles. The molecule has 1 aromatic carbocycles. The Bertz CT molecular complexity index is 1010. The van der Waals surface area contributed by atoms with Crippen molar-refractivity contribution >= 4 is 29.0 Å². The summed E-state index contributed by atoms with van der Waals surface area (Å²) in [5.41, 5.74) is 1.15. The molecule has 0 saturated heterocycles. The van der Waals surface area contributed by atoms with Gasteiger partial charge in [-0.3, -0.25) is 14.0 Å². The number of nitrogens with zero attached hydrogens (tertiary/aromatic N) is 3. The van der Waals surface area contributed by atoms with Gasteiger partial charge in [-0.1, -0.05) is 25.1 Å². The molecule has 0 fully saturated rings. The van der Waals surface area contributed by atoms with Crippen molar-refractivity contribution in [1.82, 2.24) is 9.38 Å². The van der Waals surface area contributed by atoms with E-state index in [1.165, 1.54) is 10.6 Å². The third-order valence-corrected chi connectivity index (χ3v) is 5.57. The fourth-order valence-corrected chi connectivity index (χ4v) is 4.13. The Balaban J connectivity index is 1.81. The fraction of sp³-hybridized carbons (Fsp3) is 0.211. The molecule has 3 heterocycles. The van der Waals surface area contributed by atoms with E-state index < -0.39 is 0 Å². The number of benzene rings is 1. The molecular formula is C19H17N3O2S. The molecule has 25 heavy (non-hydrogen) atoms. The van der Waals surface area contributed by atoms with E-state index in [-0.39, 0.29) is 17.0 Å². The summed E-state index contributed by atoms with van der Waals surface area (Å²) >= 11 is 1.76. The molecule has 3 aromatic rings. The predicted molar refractivity (Wildman–Crippen MR) is 99.5 cm³/mol. The van der Waals surface area contributed by atoms with E-state index in [0.29, 0.717) is 17.4 Å². The van der Waals surface area contributed by atoms with Crippen LogP contribution in [0, 0.1) is 0 Å². The molecule has 0 radical (unpaired) electrons. The number of para-hydroxylation sites is 1. The van der Waals surface area contributed by atoms with E-state index in [9.17, 15) is 9.59 Å². The summed E-state index contributed by atoms with van der Waals surface area (Å²) in [6, 6.07) is 13.2. The largest absolute Gasteiger partial charge is 0.307 e. The van der Waals surface area contributed by atoms with E-state index in [2.05, 4.69) is 11.9 Å². The van der Waals surface area contributed by atoms with Crippen molar-refractivity contribution in [2.75, 3.05) is 11.4 Å². The average Bonchev–Trinajstić information content (AvgIpc) is 2.80. The first-order valence-corrected chi connectivity index (χ1v) is 9.07. The number of carbonyl (C=O) groups excluding carboxylic acids is 1. The molecular weight excluding hydrogens is 334 g/mol. The summed E-state index contributed by atoms with van der Waals surface area (Å²) in [5, 5.41) is 0.412. The van der Waals surface area contributed by atoms with Crippen LogP contribution in [0.15, 0.2) is 64.5 Å². The second-order valence-electron chi connectivity index (χ2n) is 6.05. The van der Waals surface area contributed by atoms with Crippen LogP contribution >= 0.6 is 11.8 Å². The highest BCUT2D eigenvalue weighted by molar-refractivity contribution is 8.00. The molecule has 1 aliphatic rings. The van der Waals surface area contributed by atoms with Gasteiger partial charge in [-0.25, -0.2) is 4.98 Å². The number of thioether (sulfide) groups is 1.